The number of halogens is 2. The first-order valence-corrected chi connectivity index (χ1v) is 11.3. The molecule has 0 unspecified atom stereocenters. The van der Waals surface area contributed by atoms with E-state index in [9.17, 15) is 8.78 Å². The van der Waals surface area contributed by atoms with Gasteiger partial charge in [-0.05, 0) is 12.1 Å². The molecule has 1 aromatic carbocycles. The summed E-state index contributed by atoms with van der Waals surface area (Å²) in [5.41, 5.74) is 4.23. The van der Waals surface area contributed by atoms with Crippen molar-refractivity contribution in [2.45, 2.75) is 0 Å². The Hall–Kier alpha value is -2.31. The summed E-state index contributed by atoms with van der Waals surface area (Å²) in [7, 11) is 0. The average Bonchev–Trinajstić information content (AvgIpc) is 3.29. The largest absolute Gasteiger partial charge is 0.379 e. The molecule has 33 heavy (non-hydrogen) atoms. The number of hydrogen-bond acceptors (Lipinski definition) is 9. The van der Waals surface area contributed by atoms with Gasteiger partial charge in [0.2, 0.25) is 0 Å². The van der Waals surface area contributed by atoms with Gasteiger partial charge in [0.1, 0.15) is 17.6 Å². The molecular weight excluding hydrogens is 432 g/mol. The van der Waals surface area contributed by atoms with Gasteiger partial charge in [0, 0.05) is 65.0 Å². The van der Waals surface area contributed by atoms with Crippen LogP contribution in [0, 0.1) is 11.6 Å². The smallest absolute Gasteiger partial charge is 0.160 e. The fraction of sp³-hybridized carbons (Fsp3) is 0.591. The van der Waals surface area contributed by atoms with E-state index in [1.54, 1.807) is 0 Å². The first-order valence-electron chi connectivity index (χ1n) is 11.3. The van der Waals surface area contributed by atoms with E-state index in [4.69, 9.17) is 9.47 Å². The molecule has 179 valence electrons. The molecule has 0 aliphatic carbocycles. The molecule has 1 N–H and O–H groups in total. The minimum Gasteiger partial charge on any atom is -0.379 e. The van der Waals surface area contributed by atoms with E-state index in [0.29, 0.717) is 23.7 Å². The van der Waals surface area contributed by atoms with E-state index < -0.39 is 11.6 Å². The van der Waals surface area contributed by atoms with Crippen LogP contribution in [0.3, 0.4) is 0 Å². The van der Waals surface area contributed by atoms with E-state index in [1.165, 1.54) is 6.07 Å². The Morgan fingerprint density at radius 2 is 1.61 bits per heavy atom. The summed E-state index contributed by atoms with van der Waals surface area (Å²) in [5.74, 6) is -1.84. The summed E-state index contributed by atoms with van der Waals surface area (Å²) >= 11 is 0. The van der Waals surface area contributed by atoms with Crippen molar-refractivity contribution in [1.82, 2.24) is 14.7 Å². The highest BCUT2D eigenvalue weighted by Gasteiger charge is 2.20. The normalized spacial score (nSPS) is 21.2. The standard InChI is InChI=1S/C22H30F2N7O2/c23-19-2-1-18(15-20(19)24)26-28-21-16-25-27-22(21)17-31(5-3-29-7-11-32-12-8-29)6-4-30-9-13-33-14-10-30/h1-2,15,26H,3-14,17H2. The van der Waals surface area contributed by atoms with Crippen molar-refractivity contribution < 1.29 is 18.3 Å². The molecule has 0 atom stereocenters. The minimum atomic E-state index is -0.935. The zero-order valence-corrected chi connectivity index (χ0v) is 18.7. The lowest BCUT2D eigenvalue weighted by Crippen LogP contribution is -2.46. The second-order valence-electron chi connectivity index (χ2n) is 8.14. The maximum absolute atomic E-state index is 13.5. The van der Waals surface area contributed by atoms with Crippen LogP contribution in [0.25, 0.3) is 0 Å². The fourth-order valence-corrected chi connectivity index (χ4v) is 3.82. The van der Waals surface area contributed by atoms with Gasteiger partial charge >= 0.3 is 0 Å². The number of benzene rings is 1. The van der Waals surface area contributed by atoms with Gasteiger partial charge in [-0.1, -0.05) is 0 Å². The van der Waals surface area contributed by atoms with E-state index in [2.05, 4.69) is 41.6 Å². The predicted molar refractivity (Wildman–Crippen MR) is 123 cm³/mol. The number of nitrogens with zero attached hydrogens (tertiary/aromatic N) is 6. The van der Waals surface area contributed by atoms with Crippen LogP contribution in [-0.4, -0.2) is 118 Å². The third-order valence-electron chi connectivity index (χ3n) is 5.86. The van der Waals surface area contributed by atoms with Crippen molar-refractivity contribution in [3.63, 3.8) is 0 Å². The molecule has 0 spiro atoms. The van der Waals surface area contributed by atoms with Gasteiger partial charge in [-0.2, -0.15) is 10.2 Å². The summed E-state index contributed by atoms with van der Waals surface area (Å²) in [6, 6.07) is 3.53. The summed E-state index contributed by atoms with van der Waals surface area (Å²) < 4.78 is 37.5. The van der Waals surface area contributed by atoms with Crippen LogP contribution in [0.5, 0.6) is 0 Å². The molecule has 1 aromatic rings. The fourth-order valence-electron chi connectivity index (χ4n) is 3.82. The Morgan fingerprint density at radius 1 is 0.970 bits per heavy atom. The lowest BCUT2D eigenvalue weighted by atomic mass is 10.2. The van der Waals surface area contributed by atoms with Crippen LogP contribution in [-0.2, 0) is 9.47 Å². The number of ether oxygens (including phenoxy) is 2. The Kier molecular flexibility index (Phi) is 8.84. The Balaban J connectivity index is 1.35. The van der Waals surface area contributed by atoms with Crippen molar-refractivity contribution in [3.05, 3.63) is 29.8 Å². The van der Waals surface area contributed by atoms with E-state index >= 15 is 0 Å². The lowest BCUT2D eigenvalue weighted by Gasteiger charge is -2.32. The molecule has 11 heteroatoms. The second-order valence-corrected chi connectivity index (χ2v) is 8.14. The van der Waals surface area contributed by atoms with Crippen molar-refractivity contribution in [1.29, 1.82) is 0 Å². The van der Waals surface area contributed by atoms with Crippen LogP contribution in [0.15, 0.2) is 33.5 Å². The molecular formula is C22H30F2N7O2. The monoisotopic (exact) mass is 462 g/mol. The minimum absolute atomic E-state index is 0.339. The number of morpholine rings is 2. The quantitative estimate of drug-likeness (QED) is 0.524. The summed E-state index contributed by atoms with van der Waals surface area (Å²) in [6.07, 6.45) is 2.78. The highest BCUT2D eigenvalue weighted by atomic mass is 19.2. The van der Waals surface area contributed by atoms with Gasteiger partial charge in [-0.3, -0.25) is 20.1 Å². The van der Waals surface area contributed by atoms with Gasteiger partial charge in [-0.15, -0.1) is 5.10 Å². The number of anilines is 1. The molecule has 0 saturated carbocycles. The number of rotatable bonds is 10. The first kappa shape index (κ1) is 23.8. The molecule has 2 fully saturated rings. The summed E-state index contributed by atoms with van der Waals surface area (Å²) in [4.78, 5) is 7.16. The Labute approximate surface area is 192 Å². The van der Waals surface area contributed by atoms with Crippen molar-refractivity contribution in [2.24, 2.45) is 15.3 Å². The molecule has 2 saturated heterocycles. The van der Waals surface area contributed by atoms with Crippen LogP contribution >= 0.6 is 0 Å². The average molecular weight is 463 g/mol. The van der Waals surface area contributed by atoms with E-state index in [0.717, 1.165) is 90.9 Å². The summed E-state index contributed by atoms with van der Waals surface area (Å²) in [5, 5.41) is 12.4. The zero-order valence-electron chi connectivity index (χ0n) is 18.7. The molecule has 3 heterocycles. The molecule has 3 aliphatic rings. The third kappa shape index (κ3) is 7.34. The maximum Gasteiger partial charge on any atom is 0.160 e. The van der Waals surface area contributed by atoms with Crippen LogP contribution in [0.4, 0.5) is 14.5 Å². The third-order valence-corrected chi connectivity index (χ3v) is 5.86. The lowest BCUT2D eigenvalue weighted by molar-refractivity contribution is 0.0271. The first-order chi connectivity index (χ1) is 16.2. The molecule has 0 amide bonds. The van der Waals surface area contributed by atoms with Crippen molar-refractivity contribution in [3.8, 4) is 0 Å². The molecule has 0 aromatic heterocycles. The maximum atomic E-state index is 13.5. The van der Waals surface area contributed by atoms with Gasteiger partial charge in [-0.25, -0.2) is 8.78 Å². The van der Waals surface area contributed by atoms with Gasteiger partial charge < -0.3 is 9.47 Å². The SMILES string of the molecule is Fc1ccc(NN=C2[C]=NN=C2CN(CCN2CCOCC2)CCN2CCOCC2)cc1F. The molecule has 1 radical (unpaired) electrons. The Bertz CT molecular complexity index is 846. The van der Waals surface area contributed by atoms with Crippen molar-refractivity contribution in [2.75, 3.05) is 90.8 Å². The number of nitrogens with one attached hydrogen (secondary N) is 1. The van der Waals surface area contributed by atoms with Gasteiger partial charge in [0.25, 0.3) is 0 Å². The topological polar surface area (TPSA) is 77.3 Å². The zero-order chi connectivity index (χ0) is 22.9. The molecule has 0 bridgehead atoms. The van der Waals surface area contributed by atoms with Crippen LogP contribution < -0.4 is 5.43 Å². The van der Waals surface area contributed by atoms with Crippen LogP contribution in [0.2, 0.25) is 0 Å². The van der Waals surface area contributed by atoms with E-state index in [1.807, 2.05) is 0 Å². The van der Waals surface area contributed by atoms with Crippen LogP contribution in [0.1, 0.15) is 0 Å². The van der Waals surface area contributed by atoms with Gasteiger partial charge in [0.05, 0.1) is 32.1 Å². The predicted octanol–water partition coefficient (Wildman–Crippen LogP) is 1.02. The molecule has 4 rings (SSSR count). The second kappa shape index (κ2) is 12.2. The van der Waals surface area contributed by atoms with Crippen molar-refractivity contribution >= 4 is 23.3 Å². The molecule has 3 aliphatic heterocycles. The molecule has 9 nitrogen and oxygen atoms in total. The van der Waals surface area contributed by atoms with E-state index in [-0.39, 0.29) is 0 Å². The Morgan fingerprint density at radius 3 is 2.21 bits per heavy atom. The number of hydrogen-bond donors (Lipinski definition) is 1. The highest BCUT2D eigenvalue weighted by Crippen LogP contribution is 2.13. The number of hydrazone groups is 1. The highest BCUT2D eigenvalue weighted by molar-refractivity contribution is 6.64. The summed E-state index contributed by atoms with van der Waals surface area (Å²) in [6.45, 7) is 11.1. The van der Waals surface area contributed by atoms with Gasteiger partial charge in [0.15, 0.2) is 11.6 Å².